The number of rotatable bonds is 4. The minimum absolute atomic E-state index is 0.00620. The summed E-state index contributed by atoms with van der Waals surface area (Å²) in [7, 11) is 0. The highest BCUT2D eigenvalue weighted by Gasteiger charge is 2.29. The van der Waals surface area contributed by atoms with E-state index in [9.17, 15) is 9.18 Å². The quantitative estimate of drug-likeness (QED) is 0.200. The van der Waals surface area contributed by atoms with Gasteiger partial charge >= 0.3 is 5.69 Å². The summed E-state index contributed by atoms with van der Waals surface area (Å²) in [5.74, 6) is -3.44. The highest BCUT2D eigenvalue weighted by molar-refractivity contribution is 6.37. The molecule has 1 aromatic carbocycles. The maximum atomic E-state index is 15.8. The van der Waals surface area contributed by atoms with Gasteiger partial charge in [-0.1, -0.05) is 37.0 Å². The summed E-state index contributed by atoms with van der Waals surface area (Å²) >= 11 is 11.8. The van der Waals surface area contributed by atoms with Crippen LogP contribution in [0.1, 0.15) is 31.0 Å². The fraction of sp³-hybridized carbons (Fsp3) is 0.308. The Morgan fingerprint density at radius 3 is 2.44 bits per heavy atom. The molecular weight excluding hydrogens is 554 g/mol. The minimum atomic E-state index is -1.33. The molecule has 1 aliphatic rings. The highest BCUT2D eigenvalue weighted by Crippen LogP contribution is 2.42. The monoisotopic (exact) mass is 577 g/mol. The lowest BCUT2D eigenvalue weighted by Gasteiger charge is -2.29. The second-order valence-electron chi connectivity index (χ2n) is 9.54. The van der Waals surface area contributed by atoms with Gasteiger partial charge in [0.15, 0.2) is 23.1 Å². The fourth-order valence-corrected chi connectivity index (χ4v) is 5.19. The Morgan fingerprint density at radius 1 is 1.08 bits per heavy atom. The van der Waals surface area contributed by atoms with E-state index in [0.29, 0.717) is 43.1 Å². The van der Waals surface area contributed by atoms with E-state index >= 15 is 8.78 Å². The smallest absolute Gasteiger partial charge is 0.355 e. The number of anilines is 2. The van der Waals surface area contributed by atoms with Crippen LogP contribution in [0, 0.1) is 24.4 Å². The first kappa shape index (κ1) is 27.2. The summed E-state index contributed by atoms with van der Waals surface area (Å²) in [6, 6.07) is 2.84. The minimum Gasteiger partial charge on any atom is -0.397 e. The molecule has 0 unspecified atom stereocenters. The van der Waals surface area contributed by atoms with Crippen molar-refractivity contribution in [2.75, 3.05) is 36.8 Å². The maximum absolute atomic E-state index is 15.8. The number of nitrogen functional groups attached to an aromatic ring is 1. The van der Waals surface area contributed by atoms with Crippen LogP contribution in [0.25, 0.3) is 28.0 Å². The third-order valence-electron chi connectivity index (χ3n) is 6.68. The van der Waals surface area contributed by atoms with E-state index < -0.39 is 50.1 Å². The Morgan fingerprint density at radius 2 is 1.77 bits per heavy atom. The maximum Gasteiger partial charge on any atom is 0.355 e. The lowest BCUT2D eigenvalue weighted by atomic mass is 10.0. The Labute approximate surface area is 231 Å². The number of nitrogens with zero attached hydrogens (tertiary/aromatic N) is 5. The van der Waals surface area contributed by atoms with Crippen LogP contribution in [-0.4, -0.2) is 45.7 Å². The molecule has 39 heavy (non-hydrogen) atoms. The van der Waals surface area contributed by atoms with Gasteiger partial charge in [-0.25, -0.2) is 27.5 Å². The molecule has 0 amide bonds. The van der Waals surface area contributed by atoms with Gasteiger partial charge in [-0.2, -0.15) is 4.98 Å². The molecule has 1 aliphatic heterocycles. The number of benzene rings is 1. The van der Waals surface area contributed by atoms with Crippen LogP contribution in [-0.2, 0) is 0 Å². The number of pyridine rings is 2. The summed E-state index contributed by atoms with van der Waals surface area (Å²) in [5, 5.41) is 1.81. The molecular formula is C26H24Cl2F3N7O. The third kappa shape index (κ3) is 4.48. The first-order valence-corrected chi connectivity index (χ1v) is 12.9. The molecule has 0 spiro atoms. The molecule has 4 aromatic rings. The van der Waals surface area contributed by atoms with Crippen molar-refractivity contribution in [3.63, 3.8) is 0 Å². The van der Waals surface area contributed by atoms with Crippen LogP contribution in [0.2, 0.25) is 10.0 Å². The van der Waals surface area contributed by atoms with Crippen molar-refractivity contribution in [1.82, 2.24) is 24.8 Å². The predicted octanol–water partition coefficient (Wildman–Crippen LogP) is 4.99. The summed E-state index contributed by atoms with van der Waals surface area (Å²) in [4.78, 5) is 28.8. The summed E-state index contributed by atoms with van der Waals surface area (Å²) < 4.78 is 46.6. The van der Waals surface area contributed by atoms with Crippen molar-refractivity contribution in [2.45, 2.75) is 26.7 Å². The molecule has 0 atom stereocenters. The molecule has 0 bridgehead atoms. The summed E-state index contributed by atoms with van der Waals surface area (Å²) in [6.45, 7) is 7.93. The molecule has 8 nitrogen and oxygen atoms in total. The second-order valence-corrected chi connectivity index (χ2v) is 10.3. The Balaban J connectivity index is 1.94. The van der Waals surface area contributed by atoms with E-state index in [1.165, 1.54) is 4.57 Å². The summed E-state index contributed by atoms with van der Waals surface area (Å²) in [5.41, 5.74) is 5.18. The number of hydrogen-bond acceptors (Lipinski definition) is 7. The van der Waals surface area contributed by atoms with Gasteiger partial charge in [0.2, 0.25) is 0 Å². The molecule has 3 aromatic heterocycles. The Kier molecular flexibility index (Phi) is 7.17. The van der Waals surface area contributed by atoms with Crippen molar-refractivity contribution in [3.8, 4) is 16.9 Å². The fourth-order valence-electron chi connectivity index (χ4n) is 4.77. The van der Waals surface area contributed by atoms with Gasteiger partial charge in [0, 0.05) is 32.4 Å². The average molecular weight is 578 g/mol. The van der Waals surface area contributed by atoms with Gasteiger partial charge in [-0.05, 0) is 30.5 Å². The zero-order valence-corrected chi connectivity index (χ0v) is 22.8. The second kappa shape index (κ2) is 10.3. The van der Waals surface area contributed by atoms with Gasteiger partial charge in [-0.15, -0.1) is 0 Å². The van der Waals surface area contributed by atoms with Crippen molar-refractivity contribution in [1.29, 1.82) is 0 Å². The van der Waals surface area contributed by atoms with Gasteiger partial charge in [0.05, 0.1) is 28.0 Å². The SMILES string of the molecule is Cc1ccnc(C(C)C)c1-n1c(=O)nc(N2CCNCC2)c2cc(F)c(-c3c(N)c(Cl)c(F)c(Cl)c3F)nc21. The van der Waals surface area contributed by atoms with Crippen LogP contribution in [0.15, 0.2) is 23.1 Å². The lowest BCUT2D eigenvalue weighted by molar-refractivity contribution is 0.582. The standard InChI is InChI=1S/C26H24Cl2F3N7O/c1-11(2)21-23(12(3)4-5-34-21)38-25-13(24(36-26(38)39)37-8-6-33-7-9-37)10-14(29)22(35-25)15-18(30)16(27)19(31)17(28)20(15)32/h4-5,10-11,33H,6-9,32H2,1-3H3. The van der Waals surface area contributed by atoms with E-state index in [2.05, 4.69) is 20.3 Å². The number of hydrogen-bond donors (Lipinski definition) is 2. The van der Waals surface area contributed by atoms with E-state index in [1.807, 2.05) is 18.7 Å². The zero-order valence-electron chi connectivity index (χ0n) is 21.2. The third-order valence-corrected chi connectivity index (χ3v) is 7.38. The number of nitrogens with one attached hydrogen (secondary N) is 1. The van der Waals surface area contributed by atoms with E-state index in [1.54, 1.807) is 19.2 Å². The largest absolute Gasteiger partial charge is 0.397 e. The molecule has 13 heteroatoms. The Hall–Kier alpha value is -3.41. The molecule has 0 radical (unpaired) electrons. The lowest BCUT2D eigenvalue weighted by Crippen LogP contribution is -2.45. The first-order valence-electron chi connectivity index (χ1n) is 12.2. The first-order chi connectivity index (χ1) is 18.5. The number of halogens is 5. The summed E-state index contributed by atoms with van der Waals surface area (Å²) in [6.07, 6.45) is 1.63. The van der Waals surface area contributed by atoms with Gasteiger partial charge in [-0.3, -0.25) is 4.98 Å². The number of aryl methyl sites for hydroxylation is 1. The van der Waals surface area contributed by atoms with Crippen LogP contribution in [0.3, 0.4) is 0 Å². The van der Waals surface area contributed by atoms with Crippen molar-refractivity contribution in [2.24, 2.45) is 0 Å². The molecule has 3 N–H and O–H groups in total. The van der Waals surface area contributed by atoms with Crippen LogP contribution < -0.4 is 21.6 Å². The van der Waals surface area contributed by atoms with E-state index in [0.717, 1.165) is 6.07 Å². The predicted molar refractivity (Wildman–Crippen MR) is 147 cm³/mol. The van der Waals surface area contributed by atoms with Gasteiger partial charge in [0.1, 0.15) is 21.6 Å². The van der Waals surface area contributed by atoms with Crippen LogP contribution in [0.4, 0.5) is 24.7 Å². The molecule has 5 rings (SSSR count). The number of aromatic nitrogens is 4. The number of nitrogens with two attached hydrogens (primary N) is 1. The van der Waals surface area contributed by atoms with E-state index in [-0.39, 0.29) is 22.8 Å². The van der Waals surface area contributed by atoms with Crippen molar-refractivity contribution >= 4 is 45.7 Å². The van der Waals surface area contributed by atoms with Gasteiger partial charge < -0.3 is 16.0 Å². The van der Waals surface area contributed by atoms with Crippen LogP contribution in [0.5, 0.6) is 0 Å². The molecule has 204 valence electrons. The Bertz CT molecular complexity index is 1660. The molecule has 0 saturated carbocycles. The molecule has 0 aliphatic carbocycles. The van der Waals surface area contributed by atoms with Crippen LogP contribution >= 0.6 is 23.2 Å². The topological polar surface area (TPSA) is 102 Å². The number of fused-ring (bicyclic) bond motifs is 1. The van der Waals surface area contributed by atoms with E-state index in [4.69, 9.17) is 28.9 Å². The normalized spacial score (nSPS) is 14.0. The average Bonchev–Trinajstić information content (AvgIpc) is 2.92. The molecule has 1 fully saturated rings. The molecule has 4 heterocycles. The highest BCUT2D eigenvalue weighted by atomic mass is 35.5. The van der Waals surface area contributed by atoms with Gasteiger partial charge in [0.25, 0.3) is 0 Å². The van der Waals surface area contributed by atoms with Crippen molar-refractivity contribution in [3.05, 3.63) is 67.6 Å². The van der Waals surface area contributed by atoms with Crippen molar-refractivity contribution < 1.29 is 13.2 Å². The zero-order chi connectivity index (χ0) is 28.2. The number of piperazine rings is 1. The molecule has 1 saturated heterocycles.